The Morgan fingerprint density at radius 3 is 2.64 bits per heavy atom. The van der Waals surface area contributed by atoms with Gasteiger partial charge in [0, 0.05) is 16.4 Å². The van der Waals surface area contributed by atoms with Gasteiger partial charge >= 0.3 is 0 Å². The van der Waals surface area contributed by atoms with Crippen LogP contribution in [0, 0.1) is 19.3 Å². The predicted molar refractivity (Wildman–Crippen MR) is 116 cm³/mol. The number of thioether (sulfide) groups is 1. The summed E-state index contributed by atoms with van der Waals surface area (Å²) in [5, 5.41) is 16.3. The third kappa shape index (κ3) is 3.09. The van der Waals surface area contributed by atoms with Crippen molar-refractivity contribution in [1.29, 1.82) is 5.41 Å². The zero-order valence-electron chi connectivity index (χ0n) is 15.2. The fourth-order valence-electron chi connectivity index (χ4n) is 3.21. The Hall–Kier alpha value is -2.35. The molecule has 142 valence electrons. The van der Waals surface area contributed by atoms with Gasteiger partial charge in [-0.05, 0) is 68.4 Å². The lowest BCUT2D eigenvalue weighted by Gasteiger charge is -2.20. The molecule has 2 aliphatic heterocycles. The maximum atomic E-state index is 12.5. The molecule has 1 aromatic carbocycles. The van der Waals surface area contributed by atoms with Crippen molar-refractivity contribution in [1.82, 2.24) is 9.58 Å². The second-order valence-corrected chi connectivity index (χ2v) is 8.40. The van der Waals surface area contributed by atoms with E-state index >= 15 is 0 Å². The van der Waals surface area contributed by atoms with Gasteiger partial charge in [-0.25, -0.2) is 0 Å². The van der Waals surface area contributed by atoms with E-state index in [1.165, 1.54) is 16.8 Å². The number of carbonyl (C=O) groups excluding carboxylic acids is 1. The van der Waals surface area contributed by atoms with E-state index in [1.54, 1.807) is 18.2 Å². The molecule has 0 saturated heterocycles. The maximum absolute atomic E-state index is 12.5. The second-order valence-electron chi connectivity index (χ2n) is 6.40. The molecule has 3 heterocycles. The van der Waals surface area contributed by atoms with Gasteiger partial charge in [0.25, 0.3) is 5.91 Å². The first-order valence-corrected chi connectivity index (χ1v) is 9.94. The zero-order valence-corrected chi connectivity index (χ0v) is 17.6. The topological polar surface area (TPSA) is 73.8 Å². The monoisotopic (exact) mass is 431 g/mol. The van der Waals surface area contributed by atoms with Gasteiger partial charge < -0.3 is 4.57 Å². The molecule has 6 nitrogen and oxygen atoms in total. The minimum atomic E-state index is -0.442. The Morgan fingerprint density at radius 1 is 1.18 bits per heavy atom. The first-order valence-electron chi connectivity index (χ1n) is 8.37. The molecule has 2 aliphatic rings. The predicted octanol–water partition coefficient (Wildman–Crippen LogP) is 5.04. The van der Waals surface area contributed by atoms with Crippen LogP contribution in [0.15, 0.2) is 39.9 Å². The van der Waals surface area contributed by atoms with E-state index in [0.29, 0.717) is 15.2 Å². The molecule has 0 radical (unpaired) electrons. The number of aromatic nitrogens is 1. The van der Waals surface area contributed by atoms with Gasteiger partial charge in [-0.3, -0.25) is 10.2 Å². The number of aliphatic imine (C=N–C) groups is 1. The summed E-state index contributed by atoms with van der Waals surface area (Å²) in [5.41, 5.74) is 3.64. The molecule has 28 heavy (non-hydrogen) atoms. The van der Waals surface area contributed by atoms with Crippen LogP contribution in [0.4, 0.5) is 0 Å². The summed E-state index contributed by atoms with van der Waals surface area (Å²) in [6, 6.07) is 7.27. The Kier molecular flexibility index (Phi) is 4.69. The quantitative estimate of drug-likeness (QED) is 0.676. The van der Waals surface area contributed by atoms with Gasteiger partial charge in [-0.1, -0.05) is 23.2 Å². The molecule has 0 bridgehead atoms. The normalized spacial score (nSPS) is 17.9. The van der Waals surface area contributed by atoms with Crippen LogP contribution >= 0.6 is 35.0 Å². The Labute approximate surface area is 176 Å². The van der Waals surface area contributed by atoms with Gasteiger partial charge in [0.2, 0.25) is 5.17 Å². The van der Waals surface area contributed by atoms with Crippen LogP contribution in [-0.4, -0.2) is 31.5 Å². The summed E-state index contributed by atoms with van der Waals surface area (Å²) >= 11 is 13.7. The Bertz CT molecular complexity index is 1150. The largest absolute Gasteiger partial charge is 0.316 e. The fraction of sp³-hybridized carbons (Fsp3) is 0.158. The van der Waals surface area contributed by atoms with E-state index in [4.69, 9.17) is 28.6 Å². The number of hydrogen-bond donors (Lipinski definition) is 1. The van der Waals surface area contributed by atoms with E-state index in [0.717, 1.165) is 27.7 Å². The fourth-order valence-corrected chi connectivity index (χ4v) is 4.44. The molecule has 0 aliphatic carbocycles. The number of nitrogens with zero attached hydrogens (tertiary/aromatic N) is 4. The van der Waals surface area contributed by atoms with Crippen molar-refractivity contribution in [3.05, 3.63) is 56.8 Å². The number of amidine groups is 2. The first-order chi connectivity index (χ1) is 13.3. The van der Waals surface area contributed by atoms with Crippen LogP contribution in [0.25, 0.3) is 11.8 Å². The van der Waals surface area contributed by atoms with Gasteiger partial charge in [0.1, 0.15) is 0 Å². The highest BCUT2D eigenvalue weighted by Crippen LogP contribution is 2.31. The Morgan fingerprint density at radius 2 is 1.93 bits per heavy atom. The molecule has 1 N–H and O–H groups in total. The van der Waals surface area contributed by atoms with Crippen LogP contribution in [0.1, 0.15) is 23.9 Å². The van der Waals surface area contributed by atoms with Crippen LogP contribution in [0.3, 0.4) is 0 Å². The second kappa shape index (κ2) is 6.92. The van der Waals surface area contributed by atoms with Gasteiger partial charge in [-0.2, -0.15) is 15.1 Å². The van der Waals surface area contributed by atoms with Crippen LogP contribution in [0.5, 0.6) is 0 Å². The molecular formula is C19H15Cl2N5OS. The van der Waals surface area contributed by atoms with Crippen molar-refractivity contribution in [3.8, 4) is 5.69 Å². The van der Waals surface area contributed by atoms with Gasteiger partial charge in [0.05, 0.1) is 21.3 Å². The van der Waals surface area contributed by atoms with E-state index in [1.807, 2.05) is 37.5 Å². The molecule has 0 atom stereocenters. The summed E-state index contributed by atoms with van der Waals surface area (Å²) in [6.07, 6.45) is 1.68. The highest BCUT2D eigenvalue weighted by Gasteiger charge is 2.34. The van der Waals surface area contributed by atoms with Crippen molar-refractivity contribution >= 4 is 63.0 Å². The molecular weight excluding hydrogens is 417 g/mol. The number of carbonyl (C=O) groups is 1. The van der Waals surface area contributed by atoms with E-state index in [9.17, 15) is 4.79 Å². The van der Waals surface area contributed by atoms with Crippen molar-refractivity contribution in [2.75, 3.05) is 0 Å². The molecule has 4 rings (SSSR count). The average Bonchev–Trinajstić information content (AvgIpc) is 3.12. The lowest BCUT2D eigenvalue weighted by molar-refractivity contribution is -0.114. The first kappa shape index (κ1) is 19.0. The van der Waals surface area contributed by atoms with Crippen LogP contribution in [0.2, 0.25) is 10.0 Å². The van der Waals surface area contributed by atoms with E-state index in [-0.39, 0.29) is 11.4 Å². The minimum Gasteiger partial charge on any atom is -0.316 e. The number of amides is 1. The molecule has 1 aromatic heterocycles. The highest BCUT2D eigenvalue weighted by atomic mass is 35.5. The summed E-state index contributed by atoms with van der Waals surface area (Å²) in [5.74, 6) is -0.420. The van der Waals surface area contributed by atoms with E-state index < -0.39 is 5.91 Å². The molecule has 0 spiro atoms. The average molecular weight is 432 g/mol. The van der Waals surface area contributed by atoms with Crippen LogP contribution < -0.4 is 0 Å². The number of nitrogens with one attached hydrogen (secondary N) is 1. The van der Waals surface area contributed by atoms with Crippen LogP contribution in [-0.2, 0) is 4.79 Å². The molecule has 0 fully saturated rings. The Balaban J connectivity index is 1.79. The van der Waals surface area contributed by atoms with E-state index in [2.05, 4.69) is 10.1 Å². The zero-order chi connectivity index (χ0) is 20.2. The third-order valence-corrected chi connectivity index (χ3v) is 5.84. The van der Waals surface area contributed by atoms with Crippen molar-refractivity contribution in [3.63, 3.8) is 0 Å². The summed E-state index contributed by atoms with van der Waals surface area (Å²) in [7, 11) is 0. The summed E-state index contributed by atoms with van der Waals surface area (Å²) < 4.78 is 1.99. The van der Waals surface area contributed by atoms with Crippen molar-refractivity contribution < 1.29 is 4.79 Å². The highest BCUT2D eigenvalue weighted by molar-refractivity contribution is 8.26. The van der Waals surface area contributed by atoms with Crippen molar-refractivity contribution in [2.45, 2.75) is 20.8 Å². The number of halogens is 2. The number of aryl methyl sites for hydroxylation is 1. The lowest BCUT2D eigenvalue weighted by atomic mass is 10.1. The number of hydrazone groups is 1. The standard InChI is InChI=1S/C19H15Cl2N5OS/c1-9-6-12(10(2)25(9)16-5-4-13(20)8-15(16)21)7-14-17(22)26-19(23-18(14)27)28-11(3)24-26/h4-8,22H,1-3H3/b14-7+,22-17?. The van der Waals surface area contributed by atoms with Gasteiger partial charge in [0.15, 0.2) is 5.84 Å². The number of rotatable bonds is 2. The van der Waals surface area contributed by atoms with Crippen molar-refractivity contribution in [2.24, 2.45) is 10.1 Å². The summed E-state index contributed by atoms with van der Waals surface area (Å²) in [6.45, 7) is 5.70. The van der Waals surface area contributed by atoms with Gasteiger partial charge in [-0.15, -0.1) is 0 Å². The smallest absolute Gasteiger partial charge is 0.283 e. The number of fused-ring (bicyclic) bond motifs is 1. The number of benzene rings is 1. The number of hydrogen-bond acceptors (Lipinski definition) is 4. The minimum absolute atomic E-state index is 0.0219. The third-order valence-electron chi connectivity index (χ3n) is 4.48. The lowest BCUT2D eigenvalue weighted by Crippen LogP contribution is -2.35. The molecule has 9 heteroatoms. The SMILES string of the molecule is CC1=NN2C(=N)/C(=C\c3cc(C)n(-c4ccc(Cl)cc4Cl)c3C)C(=O)N=C2S1. The summed E-state index contributed by atoms with van der Waals surface area (Å²) in [4.78, 5) is 16.6. The molecule has 0 saturated carbocycles. The molecule has 2 aromatic rings. The molecule has 1 amide bonds. The maximum Gasteiger partial charge on any atom is 0.283 e. The molecule has 0 unspecified atom stereocenters.